The Morgan fingerprint density at radius 2 is 1.49 bits per heavy atom. The van der Waals surface area contributed by atoms with Crippen molar-refractivity contribution < 1.29 is 19.1 Å². The zero-order chi connectivity index (χ0) is 24.8. The van der Waals surface area contributed by atoms with Crippen molar-refractivity contribution in [1.82, 2.24) is 15.5 Å². The van der Waals surface area contributed by atoms with Crippen LogP contribution in [0.1, 0.15) is 31.8 Å². The number of halogens is 1. The number of ether oxygens (including phenoxy) is 2. The number of fused-ring (bicyclic) bond motifs is 1. The number of amides is 2. The first-order chi connectivity index (χ1) is 17.0. The summed E-state index contributed by atoms with van der Waals surface area (Å²) in [7, 11) is 1.57. The Balaban J connectivity index is 1.26. The van der Waals surface area contributed by atoms with Crippen molar-refractivity contribution in [3.05, 3.63) is 92.6 Å². The maximum atomic E-state index is 12.5. The van der Waals surface area contributed by atoms with E-state index in [0.29, 0.717) is 40.8 Å². The highest BCUT2D eigenvalue weighted by Gasteiger charge is 2.34. The number of carbonyl (C=O) groups is 2. The van der Waals surface area contributed by atoms with Crippen LogP contribution in [-0.2, 0) is 13.1 Å². The fourth-order valence-electron chi connectivity index (χ4n) is 3.66. The average Bonchev–Trinajstić information content (AvgIpc) is 3.12. The van der Waals surface area contributed by atoms with E-state index in [-0.39, 0.29) is 25.0 Å². The summed E-state index contributed by atoms with van der Waals surface area (Å²) >= 11 is 7.66. The van der Waals surface area contributed by atoms with Gasteiger partial charge in [-0.05, 0) is 82.3 Å². The molecule has 1 aliphatic rings. The molecule has 0 unspecified atom stereocenters. The van der Waals surface area contributed by atoms with Crippen LogP contribution >= 0.6 is 34.8 Å². The Bertz CT molecular complexity index is 1210. The minimum atomic E-state index is -0.297. The minimum absolute atomic E-state index is 0.152. The first-order valence-corrected chi connectivity index (χ1v) is 12.5. The summed E-state index contributed by atoms with van der Waals surface area (Å²) in [5.74, 6) is 0.500. The van der Waals surface area contributed by atoms with Gasteiger partial charge in [0.2, 0.25) is 0 Å². The fourth-order valence-corrected chi connectivity index (χ4v) is 4.16. The number of nitrogens with zero attached hydrogens (tertiary/aromatic N) is 1. The number of carbonyl (C=O) groups excluding carboxylic acids is 2. The summed E-state index contributed by atoms with van der Waals surface area (Å²) < 4.78 is 12.5. The molecule has 1 heterocycles. The Hall–Kier alpha value is -3.18. The summed E-state index contributed by atoms with van der Waals surface area (Å²) in [4.78, 5) is 26.2. The average molecular weight is 601 g/mol. The third kappa shape index (κ3) is 6.09. The maximum absolute atomic E-state index is 12.5. The Labute approximate surface area is 222 Å². The largest absolute Gasteiger partial charge is 0.493 e. The van der Waals surface area contributed by atoms with Crippen LogP contribution in [0.5, 0.6) is 11.5 Å². The lowest BCUT2D eigenvalue weighted by atomic mass is 10.1. The van der Waals surface area contributed by atoms with Gasteiger partial charge >= 0.3 is 0 Å². The fraction of sp³-hybridized carbons (Fsp3) is 0.192. The van der Waals surface area contributed by atoms with Gasteiger partial charge in [0.25, 0.3) is 11.8 Å². The molecule has 0 saturated carbocycles. The normalized spacial score (nSPS) is 12.3. The molecule has 0 bridgehead atoms. The smallest absolute Gasteiger partial charge is 0.261 e. The van der Waals surface area contributed by atoms with Gasteiger partial charge < -0.3 is 20.1 Å². The number of hydrogen-bond acceptors (Lipinski definition) is 5. The quantitative estimate of drug-likeness (QED) is 0.217. The van der Waals surface area contributed by atoms with Gasteiger partial charge in [-0.25, -0.2) is 0 Å². The first-order valence-electron chi connectivity index (χ1n) is 11.0. The van der Waals surface area contributed by atoms with Crippen molar-refractivity contribution in [2.75, 3.05) is 20.3 Å². The molecule has 0 fully saturated rings. The van der Waals surface area contributed by atoms with E-state index in [1.165, 1.54) is 8.47 Å². The van der Waals surface area contributed by atoms with Crippen molar-refractivity contribution >= 4 is 51.7 Å². The van der Waals surface area contributed by atoms with Crippen LogP contribution in [0.4, 0.5) is 0 Å². The second-order valence-corrected chi connectivity index (χ2v) is 9.46. The lowest BCUT2D eigenvalue weighted by molar-refractivity contribution is 0.0631. The molecule has 1 aliphatic heterocycles. The molecular formula is C26H24IN3O4S. The lowest BCUT2D eigenvalue weighted by Gasteiger charge is -2.16. The molecule has 7 nitrogen and oxygen atoms in total. The number of rotatable bonds is 9. The molecule has 0 atom stereocenters. The van der Waals surface area contributed by atoms with Crippen molar-refractivity contribution in [1.29, 1.82) is 0 Å². The topological polar surface area (TPSA) is 79.9 Å². The van der Waals surface area contributed by atoms with Crippen molar-refractivity contribution in [2.45, 2.75) is 13.1 Å². The van der Waals surface area contributed by atoms with Gasteiger partial charge in [0.05, 0.1) is 24.8 Å². The Morgan fingerprint density at radius 1 is 0.886 bits per heavy atom. The van der Waals surface area contributed by atoms with E-state index >= 15 is 0 Å². The van der Waals surface area contributed by atoms with Crippen LogP contribution in [0, 0.1) is 3.57 Å². The van der Waals surface area contributed by atoms with Gasteiger partial charge in [-0.3, -0.25) is 14.5 Å². The molecule has 0 radical (unpaired) electrons. The van der Waals surface area contributed by atoms with E-state index in [9.17, 15) is 9.59 Å². The summed E-state index contributed by atoms with van der Waals surface area (Å²) in [6, 6.07) is 20.7. The van der Waals surface area contributed by atoms with E-state index in [4.69, 9.17) is 21.7 Å². The van der Waals surface area contributed by atoms with Gasteiger partial charge in [-0.1, -0.05) is 30.3 Å². The Morgan fingerprint density at radius 3 is 2.11 bits per heavy atom. The number of imide groups is 1. The van der Waals surface area contributed by atoms with Crippen molar-refractivity contribution in [2.24, 2.45) is 0 Å². The molecule has 3 aromatic rings. The molecular weight excluding hydrogens is 577 g/mol. The highest BCUT2D eigenvalue weighted by Crippen LogP contribution is 2.28. The van der Waals surface area contributed by atoms with Gasteiger partial charge in [0, 0.05) is 16.7 Å². The maximum Gasteiger partial charge on any atom is 0.261 e. The van der Waals surface area contributed by atoms with Crippen molar-refractivity contribution in [3.8, 4) is 11.5 Å². The molecule has 9 heteroatoms. The molecule has 2 amide bonds. The highest BCUT2D eigenvalue weighted by atomic mass is 127. The summed E-state index contributed by atoms with van der Waals surface area (Å²) in [6.07, 6.45) is 0. The predicted octanol–water partition coefficient (Wildman–Crippen LogP) is 4.14. The molecule has 0 spiro atoms. The van der Waals surface area contributed by atoms with Gasteiger partial charge in [0.15, 0.2) is 16.6 Å². The SMILES string of the molecule is COc1cc(CNC(=S)NCc2ccc(I)cc2)ccc1OCCN1C(=O)c2ccccc2C1=O. The highest BCUT2D eigenvalue weighted by molar-refractivity contribution is 14.1. The lowest BCUT2D eigenvalue weighted by Crippen LogP contribution is -2.34. The molecule has 0 aliphatic carbocycles. The summed E-state index contributed by atoms with van der Waals surface area (Å²) in [6.45, 7) is 1.47. The number of hydrogen-bond donors (Lipinski definition) is 2. The number of thiocarbonyl (C=S) groups is 1. The second kappa shape index (κ2) is 11.5. The molecule has 180 valence electrons. The zero-order valence-electron chi connectivity index (χ0n) is 19.0. The van der Waals surface area contributed by atoms with Gasteiger partial charge in [-0.15, -0.1) is 0 Å². The number of methoxy groups -OCH3 is 1. The van der Waals surface area contributed by atoms with Gasteiger partial charge in [0.1, 0.15) is 6.61 Å². The Kier molecular flexibility index (Phi) is 8.19. The van der Waals surface area contributed by atoms with Crippen LogP contribution in [0.25, 0.3) is 0 Å². The van der Waals surface area contributed by atoms with Crippen LogP contribution in [0.15, 0.2) is 66.7 Å². The van der Waals surface area contributed by atoms with Crippen LogP contribution in [0.3, 0.4) is 0 Å². The molecule has 0 aromatic heterocycles. The van der Waals surface area contributed by atoms with Crippen LogP contribution in [-0.4, -0.2) is 42.1 Å². The second-order valence-electron chi connectivity index (χ2n) is 7.80. The summed E-state index contributed by atoms with van der Waals surface area (Å²) in [5.41, 5.74) is 2.97. The van der Waals surface area contributed by atoms with Crippen LogP contribution < -0.4 is 20.1 Å². The van der Waals surface area contributed by atoms with Gasteiger partial charge in [-0.2, -0.15) is 0 Å². The molecule has 3 aromatic carbocycles. The van der Waals surface area contributed by atoms with Crippen molar-refractivity contribution in [3.63, 3.8) is 0 Å². The van der Waals surface area contributed by atoms with Crippen LogP contribution in [0.2, 0.25) is 0 Å². The molecule has 4 rings (SSSR count). The predicted molar refractivity (Wildman–Crippen MR) is 146 cm³/mol. The third-order valence-electron chi connectivity index (χ3n) is 5.50. The standard InChI is InChI=1S/C26H24IN3O4S/c1-33-23-14-18(16-29-26(35)28-15-17-6-9-19(27)10-7-17)8-11-22(23)34-13-12-30-24(31)20-4-2-3-5-21(20)25(30)32/h2-11,14H,12-13,15-16H2,1H3,(H2,28,29,35). The minimum Gasteiger partial charge on any atom is -0.493 e. The summed E-state index contributed by atoms with van der Waals surface area (Å²) in [5, 5.41) is 6.95. The van der Waals surface area contributed by atoms with E-state index in [2.05, 4.69) is 57.5 Å². The monoisotopic (exact) mass is 601 g/mol. The van der Waals surface area contributed by atoms with E-state index in [1.54, 1.807) is 37.4 Å². The van der Waals surface area contributed by atoms with E-state index in [0.717, 1.165) is 11.1 Å². The van der Waals surface area contributed by atoms with E-state index < -0.39 is 0 Å². The van der Waals surface area contributed by atoms with E-state index in [1.807, 2.05) is 12.1 Å². The molecule has 0 saturated heterocycles. The third-order valence-corrected chi connectivity index (χ3v) is 6.51. The molecule has 35 heavy (non-hydrogen) atoms. The number of benzene rings is 3. The zero-order valence-corrected chi connectivity index (χ0v) is 22.0. The molecule has 2 N–H and O–H groups in total. The number of nitrogens with one attached hydrogen (secondary N) is 2. The first kappa shape index (κ1) is 24.9.